The number of piperidine rings is 1. The van der Waals surface area contributed by atoms with Crippen molar-refractivity contribution in [3.63, 3.8) is 0 Å². The molecule has 0 unspecified atom stereocenters. The van der Waals surface area contributed by atoms with Crippen LogP contribution in [0.5, 0.6) is 0 Å². The molecular formula is C14H28N2O3S. The normalized spacial score (nSPS) is 26.0. The summed E-state index contributed by atoms with van der Waals surface area (Å²) in [4.78, 5) is 0. The highest BCUT2D eigenvalue weighted by Crippen LogP contribution is 2.21. The van der Waals surface area contributed by atoms with Gasteiger partial charge in [0.25, 0.3) is 0 Å². The van der Waals surface area contributed by atoms with Crippen molar-refractivity contribution in [3.05, 3.63) is 0 Å². The van der Waals surface area contributed by atoms with Crippen LogP contribution in [-0.4, -0.2) is 56.9 Å². The summed E-state index contributed by atoms with van der Waals surface area (Å²) in [6.07, 6.45) is 5.63. The molecule has 0 aromatic carbocycles. The Labute approximate surface area is 123 Å². The minimum absolute atomic E-state index is 0.102. The predicted octanol–water partition coefficient (Wildman–Crippen LogP) is 1.35. The SMILES string of the molecule is CCCN(C1CCNCC1)S(=O)(=O)C[C@@H]1CCCCO1. The molecule has 2 rings (SSSR count). The first-order chi connectivity index (χ1) is 9.63. The van der Waals surface area contributed by atoms with Crippen LogP contribution in [0.2, 0.25) is 0 Å². The highest BCUT2D eigenvalue weighted by Gasteiger charge is 2.32. The first-order valence-electron chi connectivity index (χ1n) is 7.95. The summed E-state index contributed by atoms with van der Waals surface area (Å²) in [6, 6.07) is 0.171. The van der Waals surface area contributed by atoms with Crippen LogP contribution in [0.1, 0.15) is 45.4 Å². The van der Waals surface area contributed by atoms with Crippen LogP contribution in [-0.2, 0) is 14.8 Å². The van der Waals surface area contributed by atoms with Crippen molar-refractivity contribution in [1.29, 1.82) is 0 Å². The van der Waals surface area contributed by atoms with Gasteiger partial charge >= 0.3 is 0 Å². The van der Waals surface area contributed by atoms with Crippen molar-refractivity contribution in [1.82, 2.24) is 9.62 Å². The van der Waals surface area contributed by atoms with Crippen LogP contribution in [0.25, 0.3) is 0 Å². The number of nitrogens with one attached hydrogen (secondary N) is 1. The maximum Gasteiger partial charge on any atom is 0.216 e. The molecule has 2 saturated heterocycles. The van der Waals surface area contributed by atoms with Crippen molar-refractivity contribution < 1.29 is 13.2 Å². The average Bonchev–Trinajstić information content (AvgIpc) is 2.46. The number of ether oxygens (including phenoxy) is 1. The Kier molecular flexibility index (Phi) is 6.26. The first kappa shape index (κ1) is 16.2. The van der Waals surface area contributed by atoms with E-state index in [2.05, 4.69) is 5.32 Å². The summed E-state index contributed by atoms with van der Waals surface area (Å²) in [5, 5.41) is 3.30. The molecule has 0 aromatic heterocycles. The van der Waals surface area contributed by atoms with E-state index in [0.717, 1.165) is 51.6 Å². The van der Waals surface area contributed by atoms with Crippen LogP contribution in [0.3, 0.4) is 0 Å². The van der Waals surface area contributed by atoms with Crippen molar-refractivity contribution in [3.8, 4) is 0 Å². The monoisotopic (exact) mass is 304 g/mol. The van der Waals surface area contributed by atoms with Gasteiger partial charge in [-0.05, 0) is 51.6 Å². The Balaban J connectivity index is 2.01. The van der Waals surface area contributed by atoms with Crippen LogP contribution < -0.4 is 5.32 Å². The zero-order valence-corrected chi connectivity index (χ0v) is 13.3. The fraction of sp³-hybridized carbons (Fsp3) is 1.00. The van der Waals surface area contributed by atoms with Gasteiger partial charge in [-0.1, -0.05) is 6.92 Å². The Bertz CT molecular complexity index is 374. The fourth-order valence-electron chi connectivity index (χ4n) is 3.13. The van der Waals surface area contributed by atoms with E-state index in [4.69, 9.17) is 4.74 Å². The molecule has 1 N–H and O–H groups in total. The molecule has 118 valence electrons. The van der Waals surface area contributed by atoms with Gasteiger partial charge in [-0.15, -0.1) is 0 Å². The molecule has 0 saturated carbocycles. The van der Waals surface area contributed by atoms with Crippen LogP contribution in [0, 0.1) is 0 Å². The molecule has 1 atom stereocenters. The summed E-state index contributed by atoms with van der Waals surface area (Å²) >= 11 is 0. The largest absolute Gasteiger partial charge is 0.377 e. The smallest absolute Gasteiger partial charge is 0.216 e. The summed E-state index contributed by atoms with van der Waals surface area (Å²) in [5.74, 6) is 0.164. The van der Waals surface area contributed by atoms with E-state index in [9.17, 15) is 8.42 Å². The number of hydrogen-bond acceptors (Lipinski definition) is 4. The molecule has 0 bridgehead atoms. The summed E-state index contributed by atoms with van der Waals surface area (Å²) in [6.45, 7) is 5.22. The summed E-state index contributed by atoms with van der Waals surface area (Å²) in [5.41, 5.74) is 0. The third-order valence-electron chi connectivity index (χ3n) is 4.19. The molecule has 2 heterocycles. The Morgan fingerprint density at radius 2 is 1.95 bits per heavy atom. The van der Waals surface area contributed by atoms with E-state index >= 15 is 0 Å². The van der Waals surface area contributed by atoms with Gasteiger partial charge in [0.2, 0.25) is 10.0 Å². The van der Waals surface area contributed by atoms with Crippen LogP contribution >= 0.6 is 0 Å². The molecule has 0 radical (unpaired) electrons. The summed E-state index contributed by atoms with van der Waals surface area (Å²) < 4.78 is 32.8. The van der Waals surface area contributed by atoms with E-state index < -0.39 is 10.0 Å². The molecule has 0 aliphatic carbocycles. The molecule has 6 heteroatoms. The molecule has 0 amide bonds. The van der Waals surface area contributed by atoms with E-state index in [1.54, 1.807) is 4.31 Å². The standard InChI is InChI=1S/C14H28N2O3S/c1-2-10-16(13-6-8-15-9-7-13)20(17,18)12-14-5-3-4-11-19-14/h13-15H,2-12H2,1H3/t14-/m0/s1. The van der Waals surface area contributed by atoms with Gasteiger partial charge in [0.1, 0.15) is 0 Å². The molecule has 5 nitrogen and oxygen atoms in total. The van der Waals surface area contributed by atoms with E-state index in [-0.39, 0.29) is 17.9 Å². The van der Waals surface area contributed by atoms with E-state index in [0.29, 0.717) is 13.2 Å². The van der Waals surface area contributed by atoms with Gasteiger partial charge in [0.05, 0.1) is 11.9 Å². The summed E-state index contributed by atoms with van der Waals surface area (Å²) in [7, 11) is -3.20. The van der Waals surface area contributed by atoms with Gasteiger partial charge in [0, 0.05) is 19.2 Å². The highest BCUT2D eigenvalue weighted by atomic mass is 32.2. The Hall–Kier alpha value is -0.170. The lowest BCUT2D eigenvalue weighted by Crippen LogP contribution is -2.48. The zero-order valence-electron chi connectivity index (χ0n) is 12.5. The lowest BCUT2D eigenvalue weighted by molar-refractivity contribution is 0.0296. The zero-order chi connectivity index (χ0) is 14.4. The molecule has 2 aliphatic heterocycles. The van der Waals surface area contributed by atoms with Gasteiger partial charge in [-0.2, -0.15) is 4.31 Å². The number of hydrogen-bond donors (Lipinski definition) is 1. The van der Waals surface area contributed by atoms with Gasteiger partial charge in [-0.25, -0.2) is 8.42 Å². The second-order valence-corrected chi connectivity index (χ2v) is 7.83. The van der Waals surface area contributed by atoms with Crippen molar-refractivity contribution in [2.24, 2.45) is 0 Å². The highest BCUT2D eigenvalue weighted by molar-refractivity contribution is 7.89. The molecule has 20 heavy (non-hydrogen) atoms. The minimum atomic E-state index is -3.20. The van der Waals surface area contributed by atoms with E-state index in [1.807, 2.05) is 6.92 Å². The second kappa shape index (κ2) is 7.73. The average molecular weight is 304 g/mol. The Morgan fingerprint density at radius 1 is 1.20 bits per heavy atom. The maximum atomic E-state index is 12.7. The van der Waals surface area contributed by atoms with Crippen molar-refractivity contribution >= 4 is 10.0 Å². The predicted molar refractivity (Wildman–Crippen MR) is 80.3 cm³/mol. The Morgan fingerprint density at radius 3 is 2.55 bits per heavy atom. The quantitative estimate of drug-likeness (QED) is 0.805. The topological polar surface area (TPSA) is 58.6 Å². The molecule has 2 aliphatic rings. The number of nitrogens with zero attached hydrogens (tertiary/aromatic N) is 1. The number of sulfonamides is 1. The third kappa shape index (κ3) is 4.41. The first-order valence-corrected chi connectivity index (χ1v) is 9.56. The van der Waals surface area contributed by atoms with Crippen LogP contribution in [0.4, 0.5) is 0 Å². The van der Waals surface area contributed by atoms with E-state index in [1.165, 1.54) is 0 Å². The van der Waals surface area contributed by atoms with Gasteiger partial charge in [0.15, 0.2) is 0 Å². The minimum Gasteiger partial charge on any atom is -0.377 e. The van der Waals surface area contributed by atoms with Crippen molar-refractivity contribution in [2.75, 3.05) is 32.0 Å². The van der Waals surface area contributed by atoms with Crippen molar-refractivity contribution in [2.45, 2.75) is 57.6 Å². The molecular weight excluding hydrogens is 276 g/mol. The third-order valence-corrected chi connectivity index (χ3v) is 6.18. The molecule has 2 fully saturated rings. The maximum absolute atomic E-state index is 12.7. The van der Waals surface area contributed by atoms with Gasteiger partial charge in [-0.3, -0.25) is 0 Å². The second-order valence-electron chi connectivity index (χ2n) is 5.86. The molecule has 0 spiro atoms. The lowest BCUT2D eigenvalue weighted by Gasteiger charge is -2.35. The van der Waals surface area contributed by atoms with Crippen LogP contribution in [0.15, 0.2) is 0 Å². The lowest BCUT2D eigenvalue weighted by atomic mass is 10.1. The van der Waals surface area contributed by atoms with Gasteiger partial charge < -0.3 is 10.1 Å². The molecule has 0 aromatic rings. The number of rotatable bonds is 6. The fourth-order valence-corrected chi connectivity index (χ4v) is 5.18.